The van der Waals surface area contributed by atoms with Gasteiger partial charge in [-0.25, -0.2) is 0 Å². The third-order valence-corrected chi connectivity index (χ3v) is 6.25. The molecule has 1 saturated carbocycles. The summed E-state index contributed by atoms with van der Waals surface area (Å²) in [6, 6.07) is 11.7. The molecule has 2 aromatic rings. The normalized spacial score (nSPS) is 17.5. The molecule has 0 unspecified atom stereocenters. The summed E-state index contributed by atoms with van der Waals surface area (Å²) in [6.45, 7) is 4.81. The van der Waals surface area contributed by atoms with E-state index in [9.17, 15) is 21.6 Å². The molecule has 31 heavy (non-hydrogen) atoms. The lowest BCUT2D eigenvalue weighted by molar-refractivity contribution is -0.137. The standard InChI is InChI=1S/C16H18F3N.C7H8O3S/c17-16(18,19)15-3-1-2-14(10-15)13-6-8-20(9-7-13)11-12-4-5-12;1-6-2-4-7(5-3-6)11(8,9)10/h1-3,6,10,12H,4-5,7-9,11H2;2-5H,1H3,(H,8,9,10). The summed E-state index contributed by atoms with van der Waals surface area (Å²) in [7, 11) is -4.02. The highest BCUT2D eigenvalue weighted by molar-refractivity contribution is 7.85. The van der Waals surface area contributed by atoms with Gasteiger partial charge in [-0.3, -0.25) is 9.45 Å². The van der Waals surface area contributed by atoms with Crippen LogP contribution in [-0.4, -0.2) is 37.5 Å². The third-order valence-electron chi connectivity index (χ3n) is 5.39. The Kier molecular flexibility index (Phi) is 7.24. The van der Waals surface area contributed by atoms with Gasteiger partial charge in [0.1, 0.15) is 0 Å². The van der Waals surface area contributed by atoms with Gasteiger partial charge in [-0.2, -0.15) is 21.6 Å². The molecule has 4 rings (SSSR count). The molecule has 1 N–H and O–H groups in total. The Morgan fingerprint density at radius 2 is 1.77 bits per heavy atom. The Morgan fingerprint density at radius 3 is 2.29 bits per heavy atom. The van der Waals surface area contributed by atoms with E-state index >= 15 is 0 Å². The number of hydrogen-bond acceptors (Lipinski definition) is 3. The zero-order valence-electron chi connectivity index (χ0n) is 17.3. The quantitative estimate of drug-likeness (QED) is 0.626. The maximum Gasteiger partial charge on any atom is 0.416 e. The van der Waals surface area contributed by atoms with Crippen molar-refractivity contribution in [2.24, 2.45) is 5.92 Å². The number of halogens is 3. The molecule has 0 radical (unpaired) electrons. The van der Waals surface area contributed by atoms with Crippen molar-refractivity contribution >= 4 is 15.7 Å². The van der Waals surface area contributed by atoms with Crippen LogP contribution in [0.4, 0.5) is 13.2 Å². The minimum Gasteiger partial charge on any atom is -0.299 e. The second kappa shape index (κ2) is 9.54. The Morgan fingerprint density at radius 1 is 1.10 bits per heavy atom. The fourth-order valence-electron chi connectivity index (χ4n) is 3.41. The van der Waals surface area contributed by atoms with E-state index in [-0.39, 0.29) is 4.90 Å². The summed E-state index contributed by atoms with van der Waals surface area (Å²) >= 11 is 0. The Bertz CT molecular complexity index is 1030. The first-order valence-electron chi connectivity index (χ1n) is 10.2. The number of hydrogen-bond donors (Lipinski definition) is 1. The number of aryl methyl sites for hydroxylation is 1. The summed E-state index contributed by atoms with van der Waals surface area (Å²) in [5, 5.41) is 0. The minimum atomic E-state index is -4.26. The minimum absolute atomic E-state index is 0.0666. The zero-order chi connectivity index (χ0) is 22.6. The molecule has 0 amide bonds. The van der Waals surface area contributed by atoms with Gasteiger partial charge in [0.15, 0.2) is 0 Å². The Balaban J connectivity index is 0.000000210. The average molecular weight is 454 g/mol. The van der Waals surface area contributed by atoms with Crippen molar-refractivity contribution in [3.05, 3.63) is 71.3 Å². The molecule has 1 heterocycles. The topological polar surface area (TPSA) is 57.6 Å². The highest BCUT2D eigenvalue weighted by Crippen LogP contribution is 2.33. The molecule has 0 aromatic heterocycles. The van der Waals surface area contributed by atoms with Crippen LogP contribution in [0.25, 0.3) is 5.57 Å². The zero-order valence-corrected chi connectivity index (χ0v) is 18.1. The van der Waals surface area contributed by atoms with E-state index < -0.39 is 21.9 Å². The lowest BCUT2D eigenvalue weighted by Crippen LogP contribution is -2.30. The second-order valence-electron chi connectivity index (χ2n) is 8.05. The van der Waals surface area contributed by atoms with Gasteiger partial charge in [0.05, 0.1) is 10.5 Å². The summed E-state index contributed by atoms with van der Waals surface area (Å²) in [5.41, 5.74) is 2.16. The third kappa shape index (κ3) is 7.19. The summed E-state index contributed by atoms with van der Waals surface area (Å²) in [5.74, 6) is 0.860. The molecule has 168 valence electrons. The lowest BCUT2D eigenvalue weighted by Gasteiger charge is -2.26. The summed E-state index contributed by atoms with van der Waals surface area (Å²) in [4.78, 5) is 2.33. The molecular weight excluding hydrogens is 427 g/mol. The van der Waals surface area contributed by atoms with E-state index in [0.717, 1.165) is 49.2 Å². The number of benzene rings is 2. The molecule has 0 bridgehead atoms. The van der Waals surface area contributed by atoms with Crippen LogP contribution >= 0.6 is 0 Å². The maximum absolute atomic E-state index is 12.7. The molecule has 2 aliphatic rings. The molecule has 2 aromatic carbocycles. The number of alkyl halides is 3. The van der Waals surface area contributed by atoms with E-state index in [0.29, 0.717) is 5.56 Å². The van der Waals surface area contributed by atoms with Crippen LogP contribution in [0, 0.1) is 12.8 Å². The number of rotatable bonds is 4. The van der Waals surface area contributed by atoms with Crippen LogP contribution in [0.15, 0.2) is 59.5 Å². The van der Waals surface area contributed by atoms with Crippen molar-refractivity contribution in [1.29, 1.82) is 0 Å². The van der Waals surface area contributed by atoms with Crippen molar-refractivity contribution in [2.75, 3.05) is 19.6 Å². The molecule has 8 heteroatoms. The first-order valence-corrected chi connectivity index (χ1v) is 11.6. The van der Waals surface area contributed by atoms with Crippen LogP contribution < -0.4 is 0 Å². The van der Waals surface area contributed by atoms with Crippen molar-refractivity contribution in [2.45, 2.75) is 37.3 Å². The van der Waals surface area contributed by atoms with Crippen LogP contribution in [0.3, 0.4) is 0 Å². The molecule has 0 atom stereocenters. The lowest BCUT2D eigenvalue weighted by atomic mass is 9.97. The van der Waals surface area contributed by atoms with Crippen LogP contribution in [0.5, 0.6) is 0 Å². The highest BCUT2D eigenvalue weighted by atomic mass is 32.2. The molecule has 1 fully saturated rings. The smallest absolute Gasteiger partial charge is 0.299 e. The molecule has 4 nitrogen and oxygen atoms in total. The summed E-state index contributed by atoms with van der Waals surface area (Å²) < 4.78 is 67.7. The fourth-order valence-corrected chi connectivity index (χ4v) is 3.89. The Hall–Kier alpha value is -2.16. The van der Waals surface area contributed by atoms with Gasteiger partial charge in [-0.15, -0.1) is 0 Å². The van der Waals surface area contributed by atoms with Crippen molar-refractivity contribution in [3.63, 3.8) is 0 Å². The average Bonchev–Trinajstić information content (AvgIpc) is 3.52. The first kappa shape index (κ1) is 23.5. The van der Waals surface area contributed by atoms with Crippen LogP contribution in [0.2, 0.25) is 0 Å². The molecule has 1 aliphatic carbocycles. The second-order valence-corrected chi connectivity index (χ2v) is 9.47. The van der Waals surface area contributed by atoms with Gasteiger partial charge in [0.2, 0.25) is 0 Å². The predicted octanol–water partition coefficient (Wildman–Crippen LogP) is 5.45. The van der Waals surface area contributed by atoms with Gasteiger partial charge in [-0.1, -0.05) is 35.9 Å². The predicted molar refractivity (Wildman–Crippen MR) is 114 cm³/mol. The molecule has 0 spiro atoms. The highest BCUT2D eigenvalue weighted by Gasteiger charge is 2.31. The van der Waals surface area contributed by atoms with Crippen molar-refractivity contribution in [3.8, 4) is 0 Å². The van der Waals surface area contributed by atoms with Gasteiger partial charge in [0, 0.05) is 19.6 Å². The van der Waals surface area contributed by atoms with E-state index in [1.807, 2.05) is 6.92 Å². The van der Waals surface area contributed by atoms with Gasteiger partial charge in [0.25, 0.3) is 10.1 Å². The van der Waals surface area contributed by atoms with Gasteiger partial charge in [-0.05, 0) is 67.5 Å². The Labute approximate surface area is 181 Å². The van der Waals surface area contributed by atoms with E-state index in [1.165, 1.54) is 37.1 Å². The molecule has 0 saturated heterocycles. The maximum atomic E-state index is 12.7. The molecular formula is C23H26F3NO3S. The monoisotopic (exact) mass is 453 g/mol. The first-order chi connectivity index (χ1) is 14.5. The van der Waals surface area contributed by atoms with Crippen LogP contribution in [0.1, 0.15) is 36.0 Å². The SMILES string of the molecule is Cc1ccc(S(=O)(=O)O)cc1.FC(F)(F)c1cccc(C2=CCN(CC3CC3)CC2)c1. The number of nitrogens with zero attached hydrogens (tertiary/aromatic N) is 1. The van der Waals surface area contributed by atoms with Crippen molar-refractivity contribution < 1.29 is 26.1 Å². The fraction of sp³-hybridized carbons (Fsp3) is 0.391. The molecule has 1 aliphatic heterocycles. The van der Waals surface area contributed by atoms with E-state index in [1.54, 1.807) is 18.2 Å². The van der Waals surface area contributed by atoms with Crippen molar-refractivity contribution in [1.82, 2.24) is 4.90 Å². The van der Waals surface area contributed by atoms with E-state index in [4.69, 9.17) is 4.55 Å². The van der Waals surface area contributed by atoms with Crippen LogP contribution in [-0.2, 0) is 16.3 Å². The van der Waals surface area contributed by atoms with Gasteiger partial charge < -0.3 is 0 Å². The van der Waals surface area contributed by atoms with E-state index in [2.05, 4.69) is 11.0 Å². The largest absolute Gasteiger partial charge is 0.416 e. The van der Waals surface area contributed by atoms with Gasteiger partial charge >= 0.3 is 6.18 Å². The summed E-state index contributed by atoms with van der Waals surface area (Å²) in [6.07, 6.45) is 1.33.